The Bertz CT molecular complexity index is 1340. The van der Waals surface area contributed by atoms with Crippen LogP contribution in [-0.2, 0) is 0 Å². The van der Waals surface area contributed by atoms with Gasteiger partial charge in [-0.05, 0) is 43.0 Å². The van der Waals surface area contributed by atoms with Crippen LogP contribution in [-0.4, -0.2) is 27.7 Å². The van der Waals surface area contributed by atoms with E-state index in [1.807, 2.05) is 55.5 Å². The molecule has 0 fully saturated rings. The Labute approximate surface area is 190 Å². The molecule has 1 atom stereocenters. The van der Waals surface area contributed by atoms with Crippen molar-refractivity contribution in [3.05, 3.63) is 81.9 Å². The first kappa shape index (κ1) is 20.3. The van der Waals surface area contributed by atoms with Gasteiger partial charge in [-0.15, -0.1) is 0 Å². The second-order valence-corrected chi connectivity index (χ2v) is 8.06. The maximum Gasteiger partial charge on any atom is 0.264 e. The molecule has 8 heteroatoms. The monoisotopic (exact) mass is 447 g/mol. The molecule has 0 saturated heterocycles. The molecular weight excluding hydrogens is 426 g/mol. The highest BCUT2D eigenvalue weighted by molar-refractivity contribution is 6.35. The van der Waals surface area contributed by atoms with Gasteiger partial charge in [0.05, 0.1) is 29.3 Å². The van der Waals surface area contributed by atoms with E-state index in [0.29, 0.717) is 34.5 Å². The van der Waals surface area contributed by atoms with Gasteiger partial charge >= 0.3 is 0 Å². The number of pyridine rings is 1. The van der Waals surface area contributed by atoms with Crippen molar-refractivity contribution in [3.63, 3.8) is 0 Å². The Balaban J connectivity index is 1.60. The average molecular weight is 448 g/mol. The van der Waals surface area contributed by atoms with Crippen LogP contribution in [0.15, 0.2) is 65.6 Å². The van der Waals surface area contributed by atoms with E-state index >= 15 is 0 Å². The summed E-state index contributed by atoms with van der Waals surface area (Å²) in [5.41, 5.74) is 1.38. The van der Waals surface area contributed by atoms with Crippen LogP contribution in [0, 0.1) is 0 Å². The summed E-state index contributed by atoms with van der Waals surface area (Å²) in [6.07, 6.45) is 2.57. The molecule has 162 valence electrons. The number of halogens is 1. The Hall–Kier alpha value is -3.58. The van der Waals surface area contributed by atoms with E-state index in [9.17, 15) is 4.79 Å². The van der Waals surface area contributed by atoms with Crippen molar-refractivity contribution in [3.8, 4) is 11.4 Å². The van der Waals surface area contributed by atoms with Crippen LogP contribution >= 0.6 is 11.6 Å². The van der Waals surface area contributed by atoms with Gasteiger partial charge in [0, 0.05) is 17.9 Å². The Morgan fingerprint density at radius 2 is 2.03 bits per heavy atom. The lowest BCUT2D eigenvalue weighted by atomic mass is 10.1. The quantitative estimate of drug-likeness (QED) is 0.467. The summed E-state index contributed by atoms with van der Waals surface area (Å²) < 4.78 is 7.36. The van der Waals surface area contributed by atoms with Crippen LogP contribution in [0.1, 0.15) is 25.1 Å². The summed E-state index contributed by atoms with van der Waals surface area (Å²) in [5, 5.41) is 8.32. The number of aromatic nitrogens is 3. The van der Waals surface area contributed by atoms with Gasteiger partial charge in [0.25, 0.3) is 5.56 Å². The first-order valence-electron chi connectivity index (χ1n) is 10.5. The summed E-state index contributed by atoms with van der Waals surface area (Å²) in [7, 11) is 0. The maximum atomic E-state index is 13.6. The maximum absolute atomic E-state index is 13.6. The molecule has 0 amide bonds. The zero-order valence-electron chi connectivity index (χ0n) is 17.5. The number of hydrogen-bond donors (Lipinski definition) is 2. The molecule has 0 spiro atoms. The number of benzene rings is 2. The van der Waals surface area contributed by atoms with Gasteiger partial charge in [-0.3, -0.25) is 9.36 Å². The first-order valence-corrected chi connectivity index (χ1v) is 10.9. The Morgan fingerprint density at radius 1 is 1.19 bits per heavy atom. The minimum Gasteiger partial charge on any atom is -0.488 e. The molecule has 0 unspecified atom stereocenters. The number of rotatable bonds is 4. The molecule has 32 heavy (non-hydrogen) atoms. The standard InChI is InChI=1S/C24H22ClN5O2/c1-15(28-24-27-14-20-22(29-24)26-11-6-12-32-20)19-13-16-7-5-10-18(25)21(16)23(31)30(19)17-8-3-2-4-9-17/h2-5,7-10,13-15H,6,11-12H2,1H3,(H2,26,27,28,29)/t15-/m0/s1. The molecule has 1 aliphatic rings. The van der Waals surface area contributed by atoms with Crippen LogP contribution in [0.5, 0.6) is 5.75 Å². The number of ether oxygens (including phenoxy) is 1. The van der Waals surface area contributed by atoms with Gasteiger partial charge in [0.15, 0.2) is 11.6 Å². The molecule has 2 aromatic carbocycles. The predicted octanol–water partition coefficient (Wildman–Crippen LogP) is 4.80. The van der Waals surface area contributed by atoms with E-state index < -0.39 is 0 Å². The molecule has 1 aliphatic heterocycles. The van der Waals surface area contributed by atoms with Gasteiger partial charge in [-0.25, -0.2) is 4.98 Å². The third-order valence-electron chi connectivity index (χ3n) is 5.45. The molecule has 4 aromatic rings. The summed E-state index contributed by atoms with van der Waals surface area (Å²) in [4.78, 5) is 22.5. The second-order valence-electron chi connectivity index (χ2n) is 7.65. The highest BCUT2D eigenvalue weighted by Gasteiger charge is 2.19. The molecule has 0 radical (unpaired) electrons. The van der Waals surface area contributed by atoms with Crippen molar-refractivity contribution < 1.29 is 4.74 Å². The number of nitrogens with zero attached hydrogens (tertiary/aromatic N) is 3. The Kier molecular flexibility index (Phi) is 5.41. The van der Waals surface area contributed by atoms with Gasteiger partial charge in [0.1, 0.15) is 0 Å². The Morgan fingerprint density at radius 3 is 2.88 bits per heavy atom. The normalized spacial score (nSPS) is 14.1. The van der Waals surface area contributed by atoms with Crippen molar-refractivity contribution in [2.75, 3.05) is 23.8 Å². The fourth-order valence-corrected chi connectivity index (χ4v) is 4.17. The number of nitrogens with one attached hydrogen (secondary N) is 2. The highest BCUT2D eigenvalue weighted by Crippen LogP contribution is 2.28. The van der Waals surface area contributed by atoms with Crippen LogP contribution in [0.4, 0.5) is 11.8 Å². The molecule has 2 aromatic heterocycles. The average Bonchev–Trinajstić information content (AvgIpc) is 3.04. The van der Waals surface area contributed by atoms with Crippen molar-refractivity contribution in [1.29, 1.82) is 0 Å². The smallest absolute Gasteiger partial charge is 0.264 e. The topological polar surface area (TPSA) is 81.1 Å². The first-order chi connectivity index (χ1) is 15.6. The van der Waals surface area contributed by atoms with Gasteiger partial charge in [-0.1, -0.05) is 41.9 Å². The van der Waals surface area contributed by atoms with E-state index in [1.165, 1.54) is 0 Å². The lowest BCUT2D eigenvalue weighted by Gasteiger charge is -2.21. The summed E-state index contributed by atoms with van der Waals surface area (Å²) in [5.74, 6) is 1.76. The molecular formula is C24H22ClN5O2. The molecule has 0 aliphatic carbocycles. The molecule has 0 bridgehead atoms. The minimum absolute atomic E-state index is 0.166. The minimum atomic E-state index is -0.268. The van der Waals surface area contributed by atoms with E-state index in [2.05, 4.69) is 20.6 Å². The number of fused-ring (bicyclic) bond motifs is 2. The lowest BCUT2D eigenvalue weighted by Crippen LogP contribution is -2.26. The van der Waals surface area contributed by atoms with Crippen LogP contribution in [0.2, 0.25) is 5.02 Å². The van der Waals surface area contributed by atoms with E-state index in [1.54, 1.807) is 16.8 Å². The molecule has 3 heterocycles. The highest BCUT2D eigenvalue weighted by atomic mass is 35.5. The number of anilines is 2. The summed E-state index contributed by atoms with van der Waals surface area (Å²) in [6.45, 7) is 3.40. The molecule has 0 saturated carbocycles. The van der Waals surface area contributed by atoms with Crippen LogP contribution in [0.25, 0.3) is 16.5 Å². The van der Waals surface area contributed by atoms with E-state index in [0.717, 1.165) is 29.7 Å². The van der Waals surface area contributed by atoms with Crippen molar-refractivity contribution in [1.82, 2.24) is 14.5 Å². The number of hydrogen-bond acceptors (Lipinski definition) is 6. The van der Waals surface area contributed by atoms with Crippen molar-refractivity contribution in [2.24, 2.45) is 0 Å². The van der Waals surface area contributed by atoms with Gasteiger partial charge < -0.3 is 15.4 Å². The summed E-state index contributed by atoms with van der Waals surface area (Å²) in [6, 6.07) is 16.7. The van der Waals surface area contributed by atoms with Crippen LogP contribution in [0.3, 0.4) is 0 Å². The van der Waals surface area contributed by atoms with E-state index in [-0.39, 0.29) is 11.6 Å². The third kappa shape index (κ3) is 3.76. The number of para-hydroxylation sites is 1. The molecule has 7 nitrogen and oxygen atoms in total. The zero-order chi connectivity index (χ0) is 22.1. The van der Waals surface area contributed by atoms with E-state index in [4.69, 9.17) is 16.3 Å². The fraction of sp³-hybridized carbons (Fsp3) is 0.208. The summed E-state index contributed by atoms with van der Waals surface area (Å²) >= 11 is 6.40. The van der Waals surface area contributed by atoms with Crippen molar-refractivity contribution in [2.45, 2.75) is 19.4 Å². The molecule has 2 N–H and O–H groups in total. The zero-order valence-corrected chi connectivity index (χ0v) is 18.3. The van der Waals surface area contributed by atoms with Gasteiger partial charge in [0.2, 0.25) is 5.95 Å². The van der Waals surface area contributed by atoms with Gasteiger partial charge in [-0.2, -0.15) is 4.98 Å². The second kappa shape index (κ2) is 8.51. The third-order valence-corrected chi connectivity index (χ3v) is 5.77. The largest absolute Gasteiger partial charge is 0.488 e. The predicted molar refractivity (Wildman–Crippen MR) is 127 cm³/mol. The fourth-order valence-electron chi connectivity index (χ4n) is 3.90. The van der Waals surface area contributed by atoms with Crippen LogP contribution < -0.4 is 20.9 Å². The van der Waals surface area contributed by atoms with Crippen molar-refractivity contribution >= 4 is 34.1 Å². The lowest BCUT2D eigenvalue weighted by molar-refractivity contribution is 0.321. The SMILES string of the molecule is C[C@H](Nc1ncc2c(n1)NCCCO2)c1cc2cccc(Cl)c2c(=O)n1-c1ccccc1. The molecule has 5 rings (SSSR count).